The fourth-order valence-corrected chi connectivity index (χ4v) is 1.22. The van der Waals surface area contributed by atoms with Gasteiger partial charge in [0.05, 0.1) is 27.6 Å². The molecule has 0 aromatic carbocycles. The Morgan fingerprint density at radius 3 is 2.31 bits per heavy atom. The van der Waals surface area contributed by atoms with Crippen LogP contribution in [-0.4, -0.2) is 56.0 Å². The standard InChI is InChI=1S/C9H19NO3/c1-5-13-8(6-9(11)12)7-10(2,3)4/h8H,5-7H2,1-4H3/p+1/t8-/m1/s1. The lowest BCUT2D eigenvalue weighted by molar-refractivity contribution is -0.873. The van der Waals surface area contributed by atoms with Gasteiger partial charge in [-0.15, -0.1) is 0 Å². The van der Waals surface area contributed by atoms with Gasteiger partial charge < -0.3 is 14.3 Å². The Kier molecular flexibility index (Phi) is 4.95. The van der Waals surface area contributed by atoms with E-state index in [4.69, 9.17) is 9.84 Å². The average molecular weight is 190 g/mol. The van der Waals surface area contributed by atoms with Crippen molar-refractivity contribution in [3.8, 4) is 0 Å². The van der Waals surface area contributed by atoms with Crippen LogP contribution in [0.3, 0.4) is 0 Å². The van der Waals surface area contributed by atoms with Crippen LogP contribution in [0.25, 0.3) is 0 Å². The van der Waals surface area contributed by atoms with Crippen LogP contribution in [0.5, 0.6) is 0 Å². The zero-order chi connectivity index (χ0) is 10.5. The maximum atomic E-state index is 10.5. The summed E-state index contributed by atoms with van der Waals surface area (Å²) in [4.78, 5) is 10.5. The van der Waals surface area contributed by atoms with E-state index in [9.17, 15) is 4.79 Å². The molecule has 1 atom stereocenters. The van der Waals surface area contributed by atoms with Gasteiger partial charge in [-0.05, 0) is 6.92 Å². The third-order valence-corrected chi connectivity index (χ3v) is 1.56. The molecule has 0 aliphatic rings. The molecule has 0 heterocycles. The van der Waals surface area contributed by atoms with Gasteiger partial charge in [0.1, 0.15) is 12.6 Å². The number of hydrogen-bond donors (Lipinski definition) is 1. The normalized spacial score (nSPS) is 14.2. The van der Waals surface area contributed by atoms with E-state index in [1.54, 1.807) is 0 Å². The highest BCUT2D eigenvalue weighted by Crippen LogP contribution is 2.04. The predicted molar refractivity (Wildman–Crippen MR) is 50.6 cm³/mol. The van der Waals surface area contributed by atoms with E-state index in [1.165, 1.54) is 0 Å². The van der Waals surface area contributed by atoms with Crippen molar-refractivity contribution in [1.82, 2.24) is 0 Å². The first-order valence-corrected chi connectivity index (χ1v) is 4.49. The highest BCUT2D eigenvalue weighted by atomic mass is 16.5. The molecular weight excluding hydrogens is 170 g/mol. The molecule has 1 N–H and O–H groups in total. The number of carboxylic acid groups (broad SMARTS) is 1. The molecule has 0 rings (SSSR count). The lowest BCUT2D eigenvalue weighted by atomic mass is 10.2. The van der Waals surface area contributed by atoms with Crippen LogP contribution < -0.4 is 0 Å². The zero-order valence-corrected chi connectivity index (χ0v) is 8.91. The summed E-state index contributed by atoms with van der Waals surface area (Å²) in [5.74, 6) is -0.799. The molecule has 0 saturated carbocycles. The van der Waals surface area contributed by atoms with E-state index >= 15 is 0 Å². The number of ether oxygens (including phenoxy) is 1. The van der Waals surface area contributed by atoms with Crippen LogP contribution >= 0.6 is 0 Å². The second kappa shape index (κ2) is 5.19. The van der Waals surface area contributed by atoms with Gasteiger partial charge in [0.15, 0.2) is 0 Å². The monoisotopic (exact) mass is 190 g/mol. The number of likely N-dealkylation sites (N-methyl/N-ethyl adjacent to an activating group) is 1. The second-order valence-electron chi connectivity index (χ2n) is 4.15. The number of nitrogens with zero attached hydrogens (tertiary/aromatic N) is 1. The molecule has 0 aromatic heterocycles. The molecule has 0 saturated heterocycles. The number of aliphatic carboxylic acids is 1. The average Bonchev–Trinajstić information content (AvgIpc) is 1.81. The topological polar surface area (TPSA) is 46.5 Å². The van der Waals surface area contributed by atoms with Gasteiger partial charge in [-0.25, -0.2) is 0 Å². The Morgan fingerprint density at radius 1 is 1.46 bits per heavy atom. The third-order valence-electron chi connectivity index (χ3n) is 1.56. The number of quaternary nitrogens is 1. The molecule has 4 heteroatoms. The summed E-state index contributed by atoms with van der Waals surface area (Å²) in [7, 11) is 6.07. The Balaban J connectivity index is 4.01. The maximum Gasteiger partial charge on any atom is 0.306 e. The van der Waals surface area contributed by atoms with Gasteiger partial charge in [0, 0.05) is 6.61 Å². The summed E-state index contributed by atoms with van der Waals surface area (Å²) in [5.41, 5.74) is 0. The summed E-state index contributed by atoms with van der Waals surface area (Å²) >= 11 is 0. The van der Waals surface area contributed by atoms with Crippen molar-refractivity contribution in [1.29, 1.82) is 0 Å². The first kappa shape index (κ1) is 12.4. The van der Waals surface area contributed by atoms with Crippen LogP contribution in [0, 0.1) is 0 Å². The van der Waals surface area contributed by atoms with Gasteiger partial charge in [-0.2, -0.15) is 0 Å². The maximum absolute atomic E-state index is 10.5. The lowest BCUT2D eigenvalue weighted by Crippen LogP contribution is -2.43. The minimum Gasteiger partial charge on any atom is -0.481 e. The van der Waals surface area contributed by atoms with Gasteiger partial charge >= 0.3 is 5.97 Å². The Labute approximate surface area is 79.7 Å². The summed E-state index contributed by atoms with van der Waals surface area (Å²) < 4.78 is 6.05. The number of hydrogen-bond acceptors (Lipinski definition) is 2. The third kappa shape index (κ3) is 7.74. The first-order chi connectivity index (χ1) is 5.85. The van der Waals surface area contributed by atoms with Crippen molar-refractivity contribution in [2.24, 2.45) is 0 Å². The van der Waals surface area contributed by atoms with Gasteiger partial charge in [-0.3, -0.25) is 4.79 Å². The number of carboxylic acids is 1. The molecule has 0 unspecified atom stereocenters. The van der Waals surface area contributed by atoms with E-state index < -0.39 is 5.97 Å². The van der Waals surface area contributed by atoms with Crippen molar-refractivity contribution in [3.63, 3.8) is 0 Å². The molecule has 0 aliphatic carbocycles. The van der Waals surface area contributed by atoms with Crippen molar-refractivity contribution < 1.29 is 19.1 Å². The van der Waals surface area contributed by atoms with Crippen molar-refractivity contribution >= 4 is 5.97 Å². The molecule has 0 aromatic rings. The first-order valence-electron chi connectivity index (χ1n) is 4.49. The van der Waals surface area contributed by atoms with Gasteiger partial charge in [0.25, 0.3) is 0 Å². The Hall–Kier alpha value is -0.610. The number of carbonyl (C=O) groups is 1. The van der Waals surface area contributed by atoms with Gasteiger partial charge in [0.2, 0.25) is 0 Å². The van der Waals surface area contributed by atoms with E-state index in [0.29, 0.717) is 6.61 Å². The fourth-order valence-electron chi connectivity index (χ4n) is 1.22. The molecule has 0 radical (unpaired) electrons. The summed E-state index contributed by atoms with van der Waals surface area (Å²) in [5, 5.41) is 8.62. The van der Waals surface area contributed by atoms with Crippen LogP contribution in [-0.2, 0) is 9.53 Å². The molecule has 4 nitrogen and oxygen atoms in total. The molecule has 78 valence electrons. The highest BCUT2D eigenvalue weighted by Gasteiger charge is 2.20. The lowest BCUT2D eigenvalue weighted by Gasteiger charge is -2.28. The molecule has 0 amide bonds. The van der Waals surface area contributed by atoms with E-state index in [0.717, 1.165) is 11.0 Å². The van der Waals surface area contributed by atoms with Crippen LogP contribution in [0.4, 0.5) is 0 Å². The van der Waals surface area contributed by atoms with Crippen LogP contribution in [0.1, 0.15) is 13.3 Å². The molecule has 0 spiro atoms. The summed E-state index contributed by atoms with van der Waals surface area (Å²) in [6.07, 6.45) is -0.0916. The molecule has 0 bridgehead atoms. The highest BCUT2D eigenvalue weighted by molar-refractivity contribution is 5.67. The van der Waals surface area contributed by atoms with Crippen LogP contribution in [0.2, 0.25) is 0 Å². The predicted octanol–water partition coefficient (Wildman–Crippen LogP) is 0.572. The SMILES string of the molecule is CCO[C@H](CC(=O)O)C[N+](C)(C)C. The van der Waals surface area contributed by atoms with Crippen molar-refractivity contribution in [2.75, 3.05) is 34.3 Å². The smallest absolute Gasteiger partial charge is 0.306 e. The molecular formula is C9H20NO3+. The fraction of sp³-hybridized carbons (Fsp3) is 0.889. The summed E-state index contributed by atoms with van der Waals surface area (Å²) in [6, 6.07) is 0. The van der Waals surface area contributed by atoms with E-state index in [1.807, 2.05) is 28.1 Å². The largest absolute Gasteiger partial charge is 0.481 e. The van der Waals surface area contributed by atoms with Crippen molar-refractivity contribution in [3.05, 3.63) is 0 Å². The second-order valence-corrected chi connectivity index (χ2v) is 4.15. The molecule has 0 fully saturated rings. The summed E-state index contributed by atoms with van der Waals surface area (Å²) in [6.45, 7) is 3.17. The van der Waals surface area contributed by atoms with E-state index in [2.05, 4.69) is 0 Å². The Morgan fingerprint density at radius 2 is 2.00 bits per heavy atom. The molecule has 13 heavy (non-hydrogen) atoms. The van der Waals surface area contributed by atoms with Crippen molar-refractivity contribution in [2.45, 2.75) is 19.4 Å². The number of rotatable bonds is 6. The Bertz CT molecular complexity index is 163. The van der Waals surface area contributed by atoms with E-state index in [-0.39, 0.29) is 12.5 Å². The van der Waals surface area contributed by atoms with Crippen LogP contribution in [0.15, 0.2) is 0 Å². The quantitative estimate of drug-likeness (QED) is 0.623. The molecule has 0 aliphatic heterocycles. The zero-order valence-electron chi connectivity index (χ0n) is 8.91. The van der Waals surface area contributed by atoms with Gasteiger partial charge in [-0.1, -0.05) is 0 Å². The minimum atomic E-state index is -0.799. The minimum absolute atomic E-state index is 0.0867.